The van der Waals surface area contributed by atoms with Gasteiger partial charge in [0.1, 0.15) is 13.2 Å². The van der Waals surface area contributed by atoms with Gasteiger partial charge in [-0.15, -0.1) is 0 Å². The lowest BCUT2D eigenvalue weighted by molar-refractivity contribution is -0.171. The number of carbonyl (C=O) groups excluding carboxylic acids is 2. The molecule has 6 heteroatoms. The number of esters is 2. The lowest BCUT2D eigenvalue weighted by atomic mass is 9.87. The second kappa shape index (κ2) is 8.43. The van der Waals surface area contributed by atoms with Crippen LogP contribution in [-0.2, 0) is 23.9 Å². The summed E-state index contributed by atoms with van der Waals surface area (Å²) in [6.45, 7) is 8.33. The predicted molar refractivity (Wildman–Crippen MR) is 65.2 cm³/mol. The summed E-state index contributed by atoms with van der Waals surface area (Å²) in [5.41, 5.74) is -1.45. The van der Waals surface area contributed by atoms with Crippen molar-refractivity contribution in [3.63, 3.8) is 0 Å². The fraction of sp³-hybridized carbons (Fsp3) is 0.500. The molecular formula is C12H19NO5. The molecule has 0 aromatic carbocycles. The Morgan fingerprint density at radius 2 is 1.61 bits per heavy atom. The van der Waals surface area contributed by atoms with Crippen LogP contribution in [0, 0.1) is 5.41 Å². The Morgan fingerprint density at radius 1 is 1.17 bits per heavy atom. The summed E-state index contributed by atoms with van der Waals surface area (Å²) < 4.78 is 9.75. The fourth-order valence-corrected chi connectivity index (χ4v) is 1.14. The maximum atomic E-state index is 11.8. The summed E-state index contributed by atoms with van der Waals surface area (Å²) in [4.78, 5) is 28.1. The van der Waals surface area contributed by atoms with Crippen molar-refractivity contribution in [3.8, 4) is 0 Å². The first kappa shape index (κ1) is 16.3. The molecule has 0 radical (unpaired) electrons. The van der Waals surface area contributed by atoms with Gasteiger partial charge in [-0.05, 0) is 13.3 Å². The van der Waals surface area contributed by atoms with Crippen LogP contribution in [0.25, 0.3) is 0 Å². The summed E-state index contributed by atoms with van der Waals surface area (Å²) in [5.74, 6) is 3.50. The molecule has 102 valence electrons. The van der Waals surface area contributed by atoms with Crippen molar-refractivity contribution < 1.29 is 23.9 Å². The van der Waals surface area contributed by atoms with E-state index in [1.807, 2.05) is 0 Å². The summed E-state index contributed by atoms with van der Waals surface area (Å²) in [6, 6.07) is 0. The zero-order valence-corrected chi connectivity index (χ0v) is 10.5. The van der Waals surface area contributed by atoms with Crippen LogP contribution < -0.4 is 5.90 Å². The molecule has 0 amide bonds. The normalized spacial score (nSPS) is 10.6. The van der Waals surface area contributed by atoms with Gasteiger partial charge in [0.05, 0.1) is 6.61 Å². The molecule has 0 saturated carbocycles. The van der Waals surface area contributed by atoms with E-state index in [2.05, 4.69) is 18.0 Å². The molecule has 18 heavy (non-hydrogen) atoms. The molecular weight excluding hydrogens is 238 g/mol. The second-order valence-electron chi connectivity index (χ2n) is 3.73. The maximum Gasteiger partial charge on any atom is 0.323 e. The number of rotatable bonds is 9. The molecule has 0 fully saturated rings. The zero-order valence-electron chi connectivity index (χ0n) is 10.5. The highest BCUT2D eigenvalue weighted by atomic mass is 16.6. The molecule has 6 nitrogen and oxygen atoms in total. The molecule has 0 unspecified atom stereocenters. The molecule has 0 aliphatic rings. The van der Waals surface area contributed by atoms with Gasteiger partial charge in [0.25, 0.3) is 0 Å². The van der Waals surface area contributed by atoms with Crippen LogP contribution in [0.15, 0.2) is 25.3 Å². The number of hydrogen-bond acceptors (Lipinski definition) is 6. The molecule has 0 saturated heterocycles. The van der Waals surface area contributed by atoms with Gasteiger partial charge in [-0.2, -0.15) is 0 Å². The Labute approximate surface area is 106 Å². The Hall–Kier alpha value is -1.66. The fourth-order valence-electron chi connectivity index (χ4n) is 1.14. The third-order valence-electron chi connectivity index (χ3n) is 2.29. The first-order valence-electron chi connectivity index (χ1n) is 5.40. The summed E-state index contributed by atoms with van der Waals surface area (Å²) in [6.07, 6.45) is 2.88. The average Bonchev–Trinajstić information content (AvgIpc) is 2.38. The minimum absolute atomic E-state index is 0.0205. The average molecular weight is 257 g/mol. The van der Waals surface area contributed by atoms with Gasteiger partial charge in [0.2, 0.25) is 0 Å². The van der Waals surface area contributed by atoms with E-state index in [1.54, 1.807) is 0 Å². The smallest absolute Gasteiger partial charge is 0.323 e. The van der Waals surface area contributed by atoms with Crippen LogP contribution in [0.3, 0.4) is 0 Å². The van der Waals surface area contributed by atoms with Gasteiger partial charge in [0.15, 0.2) is 5.41 Å². The van der Waals surface area contributed by atoms with E-state index >= 15 is 0 Å². The monoisotopic (exact) mass is 257 g/mol. The van der Waals surface area contributed by atoms with Crippen molar-refractivity contribution in [2.75, 3.05) is 19.8 Å². The molecule has 0 aromatic heterocycles. The maximum absolute atomic E-state index is 11.8. The van der Waals surface area contributed by atoms with E-state index in [9.17, 15) is 9.59 Å². The molecule has 0 heterocycles. The van der Waals surface area contributed by atoms with E-state index in [0.717, 1.165) is 0 Å². The van der Waals surface area contributed by atoms with Crippen molar-refractivity contribution in [2.45, 2.75) is 13.3 Å². The SMILES string of the molecule is C=CCOC(=O)C(C)(CCON)C(=O)OCC=C. The van der Waals surface area contributed by atoms with Gasteiger partial charge >= 0.3 is 11.9 Å². The first-order valence-corrected chi connectivity index (χ1v) is 5.40. The van der Waals surface area contributed by atoms with Gasteiger partial charge in [0, 0.05) is 0 Å². The topological polar surface area (TPSA) is 87.9 Å². The van der Waals surface area contributed by atoms with Crippen LogP contribution in [0.2, 0.25) is 0 Å². The third-order valence-corrected chi connectivity index (χ3v) is 2.29. The third kappa shape index (κ3) is 4.68. The molecule has 0 aliphatic carbocycles. The van der Waals surface area contributed by atoms with Crippen molar-refractivity contribution in [1.82, 2.24) is 0 Å². The molecule has 0 spiro atoms. The zero-order chi connectivity index (χ0) is 14.0. The lowest BCUT2D eigenvalue weighted by Crippen LogP contribution is -2.40. The minimum Gasteiger partial charge on any atom is -0.461 e. The van der Waals surface area contributed by atoms with Crippen molar-refractivity contribution in [3.05, 3.63) is 25.3 Å². The van der Waals surface area contributed by atoms with Gasteiger partial charge < -0.3 is 14.3 Å². The molecule has 0 atom stereocenters. The molecule has 0 bridgehead atoms. The lowest BCUT2D eigenvalue weighted by Gasteiger charge is -2.24. The molecule has 0 aromatic rings. The minimum atomic E-state index is -1.45. The second-order valence-corrected chi connectivity index (χ2v) is 3.73. The Kier molecular flexibility index (Phi) is 7.66. The largest absolute Gasteiger partial charge is 0.461 e. The van der Waals surface area contributed by atoms with E-state index in [-0.39, 0.29) is 26.2 Å². The Bertz CT molecular complexity index is 290. The highest BCUT2D eigenvalue weighted by Crippen LogP contribution is 2.25. The summed E-state index contributed by atoms with van der Waals surface area (Å²) in [7, 11) is 0. The van der Waals surface area contributed by atoms with Gasteiger partial charge in [-0.3, -0.25) is 9.59 Å². The standard InChI is InChI=1S/C12H19NO5/c1-4-7-16-10(14)12(3,6-9-18-13)11(15)17-8-5-2/h4-5H,1-2,6-9,13H2,3H3. The van der Waals surface area contributed by atoms with E-state index in [1.165, 1.54) is 19.1 Å². The van der Waals surface area contributed by atoms with Crippen LogP contribution in [0.5, 0.6) is 0 Å². The summed E-state index contributed by atoms with van der Waals surface area (Å²) in [5, 5.41) is 0. The first-order chi connectivity index (χ1) is 8.52. The number of carbonyl (C=O) groups is 2. The molecule has 0 rings (SSSR count). The number of hydrogen-bond donors (Lipinski definition) is 1. The van der Waals surface area contributed by atoms with Crippen LogP contribution >= 0.6 is 0 Å². The van der Waals surface area contributed by atoms with Crippen LogP contribution in [0.1, 0.15) is 13.3 Å². The highest BCUT2D eigenvalue weighted by Gasteiger charge is 2.44. The molecule has 2 N–H and O–H groups in total. The number of nitrogens with two attached hydrogens (primary N) is 1. The van der Waals surface area contributed by atoms with Crippen molar-refractivity contribution >= 4 is 11.9 Å². The van der Waals surface area contributed by atoms with E-state index in [0.29, 0.717) is 0 Å². The van der Waals surface area contributed by atoms with Gasteiger partial charge in [-0.1, -0.05) is 25.3 Å². The molecule has 0 aliphatic heterocycles. The van der Waals surface area contributed by atoms with Crippen LogP contribution in [-0.4, -0.2) is 31.8 Å². The quantitative estimate of drug-likeness (QED) is 0.283. The highest BCUT2D eigenvalue weighted by molar-refractivity contribution is 5.99. The number of ether oxygens (including phenoxy) is 2. The van der Waals surface area contributed by atoms with Crippen molar-refractivity contribution in [1.29, 1.82) is 0 Å². The van der Waals surface area contributed by atoms with Gasteiger partial charge in [-0.25, -0.2) is 5.90 Å². The summed E-state index contributed by atoms with van der Waals surface area (Å²) >= 11 is 0. The van der Waals surface area contributed by atoms with E-state index in [4.69, 9.17) is 15.4 Å². The Morgan fingerprint density at radius 3 is 1.94 bits per heavy atom. The van der Waals surface area contributed by atoms with E-state index < -0.39 is 17.4 Å². The van der Waals surface area contributed by atoms with Crippen LogP contribution in [0.4, 0.5) is 0 Å². The predicted octanol–water partition coefficient (Wildman–Crippen LogP) is 0.732. The Balaban J connectivity index is 4.78. The van der Waals surface area contributed by atoms with Crippen molar-refractivity contribution in [2.24, 2.45) is 11.3 Å².